The number of nitrogens with two attached hydrogens (primary N) is 1. The Morgan fingerprint density at radius 1 is 0.850 bits per heavy atom. The maximum absolute atomic E-state index is 13.1. The van der Waals surface area contributed by atoms with Gasteiger partial charge in [0.2, 0.25) is 0 Å². The second-order valence-electron chi connectivity index (χ2n) is 4.73. The third-order valence-corrected chi connectivity index (χ3v) is 3.55. The van der Waals surface area contributed by atoms with Gasteiger partial charge in [-0.1, -0.05) is 48.0 Å². The summed E-state index contributed by atoms with van der Waals surface area (Å²) in [5, 5.41) is 0.342. The minimum atomic E-state index is -4.46. The summed E-state index contributed by atoms with van der Waals surface area (Å²) in [6.45, 7) is 1.53. The summed E-state index contributed by atoms with van der Waals surface area (Å²) in [4.78, 5) is 0. The van der Waals surface area contributed by atoms with Crippen LogP contribution in [0.2, 0.25) is 5.02 Å². The van der Waals surface area contributed by atoms with Gasteiger partial charge in [0.15, 0.2) is 0 Å². The zero-order valence-corrected chi connectivity index (χ0v) is 11.5. The van der Waals surface area contributed by atoms with E-state index >= 15 is 0 Å². The maximum Gasteiger partial charge on any atom is 0.416 e. The molecule has 0 aliphatic heterocycles. The molecule has 0 aliphatic rings. The van der Waals surface area contributed by atoms with Gasteiger partial charge in [-0.15, -0.1) is 0 Å². The van der Waals surface area contributed by atoms with Crippen molar-refractivity contribution in [2.45, 2.75) is 18.6 Å². The second-order valence-corrected chi connectivity index (χ2v) is 5.13. The van der Waals surface area contributed by atoms with Gasteiger partial charge < -0.3 is 5.73 Å². The smallest absolute Gasteiger partial charge is 0.318 e. The number of hydrogen-bond donors (Lipinski definition) is 1. The maximum atomic E-state index is 13.1. The molecule has 0 saturated carbocycles. The lowest BCUT2D eigenvalue weighted by atomic mass is 9.83. The predicted octanol–water partition coefficient (Wildman–Crippen LogP) is 4.58. The second kappa shape index (κ2) is 5.11. The molecule has 0 bridgehead atoms. The Morgan fingerprint density at radius 3 is 1.80 bits per heavy atom. The molecule has 2 rings (SSSR count). The van der Waals surface area contributed by atoms with Gasteiger partial charge in [0.25, 0.3) is 0 Å². The third kappa shape index (κ3) is 2.67. The van der Waals surface area contributed by atoms with Gasteiger partial charge in [-0.05, 0) is 30.2 Å². The molecule has 0 saturated heterocycles. The molecule has 106 valence electrons. The Labute approximate surface area is 120 Å². The van der Waals surface area contributed by atoms with E-state index in [4.69, 9.17) is 17.3 Å². The normalized spacial score (nSPS) is 14.9. The highest BCUT2D eigenvalue weighted by Gasteiger charge is 2.38. The van der Waals surface area contributed by atoms with Crippen molar-refractivity contribution >= 4 is 11.6 Å². The molecule has 1 atom stereocenters. The zero-order chi connectivity index (χ0) is 15.0. The molecule has 0 radical (unpaired) electrons. The summed E-state index contributed by atoms with van der Waals surface area (Å²) in [6.07, 6.45) is -4.46. The Bertz CT molecular complexity index is 621. The quantitative estimate of drug-likeness (QED) is 0.863. The van der Waals surface area contributed by atoms with E-state index in [0.717, 1.165) is 6.07 Å². The van der Waals surface area contributed by atoms with Crippen LogP contribution in [0.3, 0.4) is 0 Å². The SMILES string of the molecule is CC(N)(c1ccccc1Cl)c1ccccc1C(F)(F)F. The van der Waals surface area contributed by atoms with Crippen molar-refractivity contribution in [3.63, 3.8) is 0 Å². The van der Waals surface area contributed by atoms with E-state index in [2.05, 4.69) is 0 Å². The molecule has 20 heavy (non-hydrogen) atoms. The highest BCUT2D eigenvalue weighted by atomic mass is 35.5. The van der Waals surface area contributed by atoms with Crippen LogP contribution in [0.15, 0.2) is 48.5 Å². The van der Waals surface area contributed by atoms with Crippen molar-refractivity contribution in [3.05, 3.63) is 70.2 Å². The van der Waals surface area contributed by atoms with Crippen LogP contribution in [-0.2, 0) is 11.7 Å². The van der Waals surface area contributed by atoms with Crippen LogP contribution in [0.4, 0.5) is 13.2 Å². The Balaban J connectivity index is 2.65. The van der Waals surface area contributed by atoms with Gasteiger partial charge >= 0.3 is 6.18 Å². The lowest BCUT2D eigenvalue weighted by Crippen LogP contribution is -2.36. The topological polar surface area (TPSA) is 26.0 Å². The fraction of sp³-hybridized carbons (Fsp3) is 0.200. The van der Waals surface area contributed by atoms with Crippen molar-refractivity contribution in [2.24, 2.45) is 5.73 Å². The first-order valence-electron chi connectivity index (χ1n) is 5.95. The van der Waals surface area contributed by atoms with Crippen LogP contribution < -0.4 is 5.73 Å². The molecule has 5 heteroatoms. The molecular weight excluding hydrogens is 287 g/mol. The molecule has 2 aromatic rings. The van der Waals surface area contributed by atoms with Gasteiger partial charge in [0.1, 0.15) is 0 Å². The van der Waals surface area contributed by atoms with E-state index in [1.165, 1.54) is 25.1 Å². The van der Waals surface area contributed by atoms with E-state index in [9.17, 15) is 13.2 Å². The minimum Gasteiger partial charge on any atom is -0.318 e. The molecule has 0 fully saturated rings. The first kappa shape index (κ1) is 14.9. The molecular formula is C15H13ClF3N. The third-order valence-electron chi connectivity index (χ3n) is 3.23. The Kier molecular flexibility index (Phi) is 3.80. The lowest BCUT2D eigenvalue weighted by Gasteiger charge is -2.29. The van der Waals surface area contributed by atoms with Crippen LogP contribution >= 0.6 is 11.6 Å². The lowest BCUT2D eigenvalue weighted by molar-refractivity contribution is -0.138. The fourth-order valence-electron chi connectivity index (χ4n) is 2.21. The number of hydrogen-bond acceptors (Lipinski definition) is 1. The highest BCUT2D eigenvalue weighted by Crippen LogP contribution is 2.39. The molecule has 0 spiro atoms. The van der Waals surface area contributed by atoms with Crippen molar-refractivity contribution in [3.8, 4) is 0 Å². The molecule has 0 aromatic heterocycles. The van der Waals surface area contributed by atoms with Crippen LogP contribution in [0.25, 0.3) is 0 Å². The Morgan fingerprint density at radius 2 is 1.30 bits per heavy atom. The van der Waals surface area contributed by atoms with Gasteiger partial charge in [0, 0.05) is 5.02 Å². The summed E-state index contributed by atoms with van der Waals surface area (Å²) >= 11 is 6.06. The number of halogens is 4. The monoisotopic (exact) mass is 299 g/mol. The molecule has 1 unspecified atom stereocenters. The van der Waals surface area contributed by atoms with E-state index < -0.39 is 17.3 Å². The van der Waals surface area contributed by atoms with E-state index in [1.54, 1.807) is 24.3 Å². The summed E-state index contributed by atoms with van der Waals surface area (Å²) in [6, 6.07) is 11.9. The highest BCUT2D eigenvalue weighted by molar-refractivity contribution is 6.31. The van der Waals surface area contributed by atoms with Crippen molar-refractivity contribution in [1.29, 1.82) is 0 Å². The first-order valence-corrected chi connectivity index (χ1v) is 6.33. The average molecular weight is 300 g/mol. The standard InChI is InChI=1S/C15H13ClF3N/c1-14(20,12-8-4-5-9-13(12)16)10-6-2-3-7-11(10)15(17,18)19/h2-9H,20H2,1H3. The van der Waals surface area contributed by atoms with Gasteiger partial charge in [-0.2, -0.15) is 13.2 Å². The number of benzene rings is 2. The number of rotatable bonds is 2. The molecule has 2 aromatic carbocycles. The van der Waals surface area contributed by atoms with E-state index in [1.807, 2.05) is 0 Å². The number of alkyl halides is 3. The van der Waals surface area contributed by atoms with Crippen LogP contribution in [0.1, 0.15) is 23.6 Å². The molecule has 0 amide bonds. The van der Waals surface area contributed by atoms with E-state index in [-0.39, 0.29) is 5.56 Å². The summed E-state index contributed by atoms with van der Waals surface area (Å²) in [7, 11) is 0. The molecule has 0 heterocycles. The van der Waals surface area contributed by atoms with Crippen molar-refractivity contribution in [2.75, 3.05) is 0 Å². The van der Waals surface area contributed by atoms with Crippen LogP contribution in [0, 0.1) is 0 Å². The largest absolute Gasteiger partial charge is 0.416 e. The van der Waals surface area contributed by atoms with E-state index in [0.29, 0.717) is 10.6 Å². The first-order chi connectivity index (χ1) is 9.24. The summed E-state index contributed by atoms with van der Waals surface area (Å²) in [5.41, 5.74) is 4.56. The fourth-order valence-corrected chi connectivity index (χ4v) is 2.54. The van der Waals surface area contributed by atoms with Gasteiger partial charge in [-0.25, -0.2) is 0 Å². The van der Waals surface area contributed by atoms with Crippen LogP contribution in [0.5, 0.6) is 0 Å². The molecule has 1 nitrogen and oxygen atoms in total. The minimum absolute atomic E-state index is 0.000556. The molecule has 0 aliphatic carbocycles. The molecule has 2 N–H and O–H groups in total. The Hall–Kier alpha value is -1.52. The average Bonchev–Trinajstić information content (AvgIpc) is 2.38. The summed E-state index contributed by atoms with van der Waals surface area (Å²) in [5.74, 6) is 0. The summed E-state index contributed by atoms with van der Waals surface area (Å²) < 4.78 is 39.3. The predicted molar refractivity (Wildman–Crippen MR) is 73.5 cm³/mol. The van der Waals surface area contributed by atoms with Crippen molar-refractivity contribution in [1.82, 2.24) is 0 Å². The zero-order valence-electron chi connectivity index (χ0n) is 10.7. The van der Waals surface area contributed by atoms with Crippen LogP contribution in [-0.4, -0.2) is 0 Å². The van der Waals surface area contributed by atoms with Gasteiger partial charge in [-0.3, -0.25) is 0 Å². The van der Waals surface area contributed by atoms with Crippen molar-refractivity contribution < 1.29 is 13.2 Å². The van der Waals surface area contributed by atoms with Gasteiger partial charge in [0.05, 0.1) is 11.1 Å².